The Balaban J connectivity index is 2.41. The van der Waals surface area contributed by atoms with E-state index in [9.17, 15) is 4.79 Å². The number of aliphatic carboxylic acids is 1. The van der Waals surface area contributed by atoms with Crippen LogP contribution < -0.4 is 0 Å². The zero-order valence-corrected chi connectivity index (χ0v) is 6.52. The Kier molecular flexibility index (Phi) is 1.41. The van der Waals surface area contributed by atoms with Gasteiger partial charge in [0.25, 0.3) is 0 Å². The standard InChI is InChI=1S/C7H8N2O3/c1-9-3-4-2-8-12-6(4)5(9)7(10)11/h2,5H,3H2,1H3,(H,10,11). The summed E-state index contributed by atoms with van der Waals surface area (Å²) < 4.78 is 4.85. The molecule has 0 radical (unpaired) electrons. The SMILES string of the molecule is CN1Cc2cnoc2C1C(=O)O. The number of fused-ring (bicyclic) bond motifs is 1. The van der Waals surface area contributed by atoms with Crippen LogP contribution in [0.25, 0.3) is 0 Å². The summed E-state index contributed by atoms with van der Waals surface area (Å²) in [5, 5.41) is 12.4. The molecule has 0 amide bonds. The number of carboxylic acids is 1. The number of carbonyl (C=O) groups is 1. The quantitative estimate of drug-likeness (QED) is 0.650. The maximum Gasteiger partial charge on any atom is 0.329 e. The van der Waals surface area contributed by atoms with E-state index >= 15 is 0 Å². The summed E-state index contributed by atoms with van der Waals surface area (Å²) in [6.45, 7) is 0.593. The average Bonchev–Trinajstić information content (AvgIpc) is 2.44. The second kappa shape index (κ2) is 2.31. The molecule has 1 aromatic heterocycles. The topological polar surface area (TPSA) is 66.6 Å². The van der Waals surface area contributed by atoms with Crippen LogP contribution in [-0.2, 0) is 11.3 Å². The van der Waals surface area contributed by atoms with Gasteiger partial charge in [0, 0.05) is 12.1 Å². The van der Waals surface area contributed by atoms with Gasteiger partial charge in [-0.25, -0.2) is 0 Å². The minimum Gasteiger partial charge on any atom is -0.480 e. The Morgan fingerprint density at radius 3 is 3.33 bits per heavy atom. The number of likely N-dealkylation sites (N-methyl/N-ethyl adjacent to an activating group) is 1. The first kappa shape index (κ1) is 7.30. The normalized spacial score (nSPS) is 22.6. The first-order chi connectivity index (χ1) is 5.70. The van der Waals surface area contributed by atoms with E-state index in [0.29, 0.717) is 12.3 Å². The number of hydrogen-bond donors (Lipinski definition) is 1. The first-order valence-corrected chi connectivity index (χ1v) is 3.56. The van der Waals surface area contributed by atoms with Crippen molar-refractivity contribution >= 4 is 5.97 Å². The predicted molar refractivity (Wildman–Crippen MR) is 38.3 cm³/mol. The van der Waals surface area contributed by atoms with Crippen molar-refractivity contribution in [1.82, 2.24) is 10.1 Å². The van der Waals surface area contributed by atoms with E-state index in [0.717, 1.165) is 5.56 Å². The molecule has 1 aliphatic rings. The molecule has 0 aromatic carbocycles. The minimum absolute atomic E-state index is 0.463. The van der Waals surface area contributed by atoms with Crippen molar-refractivity contribution in [3.8, 4) is 0 Å². The van der Waals surface area contributed by atoms with E-state index in [-0.39, 0.29) is 0 Å². The summed E-state index contributed by atoms with van der Waals surface area (Å²) >= 11 is 0. The largest absolute Gasteiger partial charge is 0.480 e. The number of aromatic nitrogens is 1. The molecule has 5 nitrogen and oxygen atoms in total. The first-order valence-electron chi connectivity index (χ1n) is 3.56. The van der Waals surface area contributed by atoms with Crippen LogP contribution in [-0.4, -0.2) is 28.2 Å². The van der Waals surface area contributed by atoms with E-state index in [1.165, 1.54) is 0 Å². The average molecular weight is 168 g/mol. The molecule has 0 fully saturated rings. The zero-order valence-electron chi connectivity index (χ0n) is 6.52. The van der Waals surface area contributed by atoms with Gasteiger partial charge in [0.15, 0.2) is 11.8 Å². The Morgan fingerprint density at radius 1 is 1.92 bits per heavy atom. The van der Waals surface area contributed by atoms with Crippen LogP contribution in [0.4, 0.5) is 0 Å². The molecule has 2 rings (SSSR count). The fraction of sp³-hybridized carbons (Fsp3) is 0.429. The molecule has 0 saturated heterocycles. The number of rotatable bonds is 1. The molecule has 1 atom stereocenters. The van der Waals surface area contributed by atoms with Gasteiger partial charge >= 0.3 is 5.97 Å². The molecular weight excluding hydrogens is 160 g/mol. The molecule has 12 heavy (non-hydrogen) atoms. The highest BCUT2D eigenvalue weighted by Gasteiger charge is 2.37. The minimum atomic E-state index is -0.895. The van der Waals surface area contributed by atoms with Gasteiger partial charge in [0.1, 0.15) is 0 Å². The molecule has 1 unspecified atom stereocenters. The third-order valence-electron chi connectivity index (χ3n) is 2.02. The van der Waals surface area contributed by atoms with Crippen LogP contribution in [0.15, 0.2) is 10.7 Å². The summed E-state index contributed by atoms with van der Waals surface area (Å²) in [5.41, 5.74) is 0.866. The van der Waals surface area contributed by atoms with Gasteiger partial charge in [-0.05, 0) is 7.05 Å². The Bertz CT molecular complexity index is 320. The Hall–Kier alpha value is -1.36. The van der Waals surface area contributed by atoms with Gasteiger partial charge in [-0.15, -0.1) is 0 Å². The van der Waals surface area contributed by atoms with E-state index in [1.807, 2.05) is 0 Å². The lowest BCUT2D eigenvalue weighted by Gasteiger charge is -2.13. The van der Waals surface area contributed by atoms with Crippen LogP contribution in [0.1, 0.15) is 17.4 Å². The lowest BCUT2D eigenvalue weighted by Crippen LogP contribution is -2.24. The zero-order chi connectivity index (χ0) is 8.72. The molecule has 2 heterocycles. The molecule has 0 bridgehead atoms. The van der Waals surface area contributed by atoms with Crippen molar-refractivity contribution < 1.29 is 14.4 Å². The van der Waals surface area contributed by atoms with Gasteiger partial charge in [0.05, 0.1) is 6.20 Å². The molecule has 1 aromatic rings. The van der Waals surface area contributed by atoms with Crippen LogP contribution in [0.2, 0.25) is 0 Å². The van der Waals surface area contributed by atoms with Gasteiger partial charge in [-0.1, -0.05) is 5.16 Å². The molecule has 5 heteroatoms. The maximum atomic E-state index is 10.7. The van der Waals surface area contributed by atoms with E-state index < -0.39 is 12.0 Å². The van der Waals surface area contributed by atoms with Crippen molar-refractivity contribution in [2.75, 3.05) is 7.05 Å². The van der Waals surface area contributed by atoms with Crippen molar-refractivity contribution in [1.29, 1.82) is 0 Å². The van der Waals surface area contributed by atoms with E-state index in [1.54, 1.807) is 18.1 Å². The van der Waals surface area contributed by atoms with Gasteiger partial charge in [0.2, 0.25) is 0 Å². The highest BCUT2D eigenvalue weighted by molar-refractivity contribution is 5.75. The third kappa shape index (κ3) is 0.831. The number of nitrogens with zero attached hydrogens (tertiary/aromatic N) is 2. The highest BCUT2D eigenvalue weighted by Crippen LogP contribution is 2.31. The Labute approximate surface area is 68.6 Å². The van der Waals surface area contributed by atoms with Crippen LogP contribution >= 0.6 is 0 Å². The monoisotopic (exact) mass is 168 g/mol. The summed E-state index contributed by atoms with van der Waals surface area (Å²) in [4.78, 5) is 12.4. The van der Waals surface area contributed by atoms with Gasteiger partial charge in [-0.2, -0.15) is 0 Å². The molecule has 64 valence electrons. The van der Waals surface area contributed by atoms with Crippen LogP contribution in [0.3, 0.4) is 0 Å². The molecule has 0 aliphatic carbocycles. The molecular formula is C7H8N2O3. The van der Waals surface area contributed by atoms with Crippen LogP contribution in [0.5, 0.6) is 0 Å². The summed E-state index contributed by atoms with van der Waals surface area (Å²) in [7, 11) is 1.74. The summed E-state index contributed by atoms with van der Waals surface area (Å²) in [6, 6.07) is -0.664. The molecule has 1 aliphatic heterocycles. The Morgan fingerprint density at radius 2 is 2.67 bits per heavy atom. The predicted octanol–water partition coefficient (Wildman–Crippen LogP) is 0.246. The maximum absolute atomic E-state index is 10.7. The molecule has 1 N–H and O–H groups in total. The summed E-state index contributed by atoms with van der Waals surface area (Å²) in [5.74, 6) is -0.432. The van der Waals surface area contributed by atoms with Crippen molar-refractivity contribution in [3.05, 3.63) is 17.5 Å². The van der Waals surface area contributed by atoms with E-state index in [4.69, 9.17) is 9.63 Å². The smallest absolute Gasteiger partial charge is 0.329 e. The fourth-order valence-electron chi connectivity index (χ4n) is 1.47. The van der Waals surface area contributed by atoms with Crippen molar-refractivity contribution in [3.63, 3.8) is 0 Å². The molecule has 0 spiro atoms. The van der Waals surface area contributed by atoms with Gasteiger partial charge < -0.3 is 9.63 Å². The lowest BCUT2D eigenvalue weighted by molar-refractivity contribution is -0.143. The second-order valence-corrected chi connectivity index (χ2v) is 2.87. The molecule has 0 saturated carbocycles. The number of carboxylic acid groups (broad SMARTS) is 1. The summed E-state index contributed by atoms with van der Waals surface area (Å²) in [6.07, 6.45) is 1.56. The highest BCUT2D eigenvalue weighted by atomic mass is 16.5. The lowest BCUT2D eigenvalue weighted by atomic mass is 10.2. The van der Waals surface area contributed by atoms with Crippen molar-refractivity contribution in [2.24, 2.45) is 0 Å². The van der Waals surface area contributed by atoms with Gasteiger partial charge in [-0.3, -0.25) is 9.69 Å². The fourth-order valence-corrected chi connectivity index (χ4v) is 1.47. The van der Waals surface area contributed by atoms with Crippen LogP contribution in [0, 0.1) is 0 Å². The van der Waals surface area contributed by atoms with Crippen molar-refractivity contribution in [2.45, 2.75) is 12.6 Å². The third-order valence-corrected chi connectivity index (χ3v) is 2.02. The van der Waals surface area contributed by atoms with E-state index in [2.05, 4.69) is 5.16 Å². The number of hydrogen-bond acceptors (Lipinski definition) is 4. The second-order valence-electron chi connectivity index (χ2n) is 2.87.